The third kappa shape index (κ3) is 2.55. The molecular weight excluding hydrogens is 131 g/mol. The van der Waals surface area contributed by atoms with Crippen molar-refractivity contribution in [2.24, 2.45) is 0 Å². The molecule has 0 aromatic heterocycles. The molecule has 0 radical (unpaired) electrons. The summed E-state index contributed by atoms with van der Waals surface area (Å²) in [5.74, 6) is 0. The average Bonchev–Trinajstić information content (AvgIpc) is 1.99. The molecule has 0 atom stereocenters. The molecule has 8 heavy (non-hydrogen) atoms. The minimum absolute atomic E-state index is 3.34. The molecule has 0 amide bonds. The first-order chi connectivity index (χ1) is 7.22. The Balaban J connectivity index is 6.56. The zero-order chi connectivity index (χ0) is 14.4. The Morgan fingerprint density at radius 3 is 1.62 bits per heavy atom. The molecule has 0 heterocycles. The summed E-state index contributed by atoms with van der Waals surface area (Å²) in [6.07, 6.45) is 0. The summed E-state index contributed by atoms with van der Waals surface area (Å²) in [4.78, 5) is 0. The van der Waals surface area contributed by atoms with Crippen LogP contribution in [0.25, 0.3) is 0 Å². The van der Waals surface area contributed by atoms with Crippen molar-refractivity contribution in [1.29, 1.82) is 0 Å². The van der Waals surface area contributed by atoms with Gasteiger partial charge < -0.3 is 0 Å². The zero-order valence-electron chi connectivity index (χ0n) is 12.7. The quantitative estimate of drug-likeness (QED) is 0.354. The van der Waals surface area contributed by atoms with E-state index < -0.39 is 26.8 Å². The molecule has 0 saturated heterocycles. The van der Waals surface area contributed by atoms with Crippen LogP contribution in [0, 0.1) is 0 Å². The van der Waals surface area contributed by atoms with Gasteiger partial charge in [0, 0.05) is 0 Å². The second kappa shape index (κ2) is 1.90. The molecule has 0 aromatic rings. The van der Waals surface area contributed by atoms with Crippen LogP contribution >= 0.6 is 7.06 Å². The van der Waals surface area contributed by atoms with Crippen LogP contribution in [0.1, 0.15) is 12.3 Å². The van der Waals surface area contributed by atoms with Crippen LogP contribution < -0.4 is 0 Å². The van der Waals surface area contributed by atoms with Crippen molar-refractivity contribution in [2.45, 2.75) is 0 Å². The molecule has 0 aliphatic carbocycles. The number of hydrogen-bond acceptors (Lipinski definition) is 4. The summed E-state index contributed by atoms with van der Waals surface area (Å²) < 4.78 is 69.7. The van der Waals surface area contributed by atoms with Gasteiger partial charge in [0.1, 0.15) is 0 Å². The van der Waals surface area contributed by atoms with Gasteiger partial charge in [-0.05, 0) is 0 Å². The zero-order valence-corrected chi connectivity index (χ0v) is 4.55. The third-order valence-corrected chi connectivity index (χ3v) is 0.935. The van der Waals surface area contributed by atoms with Gasteiger partial charge in [0.05, 0.1) is 0 Å². The van der Waals surface area contributed by atoms with E-state index in [1.165, 1.54) is 0 Å². The summed E-state index contributed by atoms with van der Waals surface area (Å²) in [5, 5.41) is 17.3. The van der Waals surface area contributed by atoms with Gasteiger partial charge in [-0.2, -0.15) is 0 Å². The predicted molar refractivity (Wildman–Crippen MR) is 32.1 cm³/mol. The van der Waals surface area contributed by atoms with E-state index in [0.717, 1.165) is 0 Å². The molecule has 0 unspecified atom stereocenters. The molecule has 0 bridgehead atoms. The minimum atomic E-state index is -6.78. The summed E-state index contributed by atoms with van der Waals surface area (Å²) in [6, 6.07) is 0. The van der Waals surface area contributed by atoms with Crippen LogP contribution in [0.3, 0.4) is 0 Å². The Bertz CT molecular complexity index is 243. The topological polar surface area (TPSA) is 58.9 Å². The van der Waals surface area contributed by atoms with Crippen molar-refractivity contribution >= 4 is 7.06 Å². The molecule has 0 aromatic carbocycles. The predicted octanol–water partition coefficient (Wildman–Crippen LogP) is 1.24. The van der Waals surface area contributed by atoms with E-state index in [1.54, 1.807) is 0 Å². The first-order valence-electron chi connectivity index (χ1n) is 5.90. The van der Waals surface area contributed by atoms with Gasteiger partial charge in [0.15, 0.2) is 0 Å². The van der Waals surface area contributed by atoms with E-state index in [4.69, 9.17) is 22.9 Å². The summed E-state index contributed by atoms with van der Waals surface area (Å²) in [6.45, 7) is -11.7. The molecule has 0 spiro atoms. The normalized spacial score (nSPS) is 38.8. The number of rotatable bonds is 2. The van der Waals surface area contributed by atoms with E-state index in [0.29, 0.717) is 0 Å². The molecular formula is C3H11O4P. The molecule has 52 valence electrons. The standard InChI is InChI=1S/C3H11O4P/c1-8(2,3,6-4)7-5/h4-5H,1-3H3/i1D3,2D3,3D3. The van der Waals surface area contributed by atoms with Crippen molar-refractivity contribution in [3.63, 3.8) is 0 Å². The van der Waals surface area contributed by atoms with Gasteiger partial charge in [-0.25, -0.2) is 0 Å². The molecule has 4 nitrogen and oxygen atoms in total. The fraction of sp³-hybridized carbons (Fsp3) is 1.00. The molecule has 0 aliphatic heterocycles. The molecule has 0 saturated carbocycles. The third-order valence-electron chi connectivity index (χ3n) is 0.312. The van der Waals surface area contributed by atoms with Crippen LogP contribution in [0.5, 0.6) is 0 Å². The van der Waals surface area contributed by atoms with Crippen LogP contribution in [0.2, 0.25) is 0 Å². The fourth-order valence-electron chi connectivity index (χ4n) is 0.0149. The van der Waals surface area contributed by atoms with Gasteiger partial charge in [-0.1, -0.05) is 0 Å². The monoisotopic (exact) mass is 151 g/mol. The van der Waals surface area contributed by atoms with Gasteiger partial charge in [0.25, 0.3) is 0 Å². The van der Waals surface area contributed by atoms with Gasteiger partial charge in [-0.3, -0.25) is 0 Å². The van der Waals surface area contributed by atoms with Crippen LogP contribution in [0.15, 0.2) is 0 Å². The van der Waals surface area contributed by atoms with Crippen molar-refractivity contribution in [2.75, 3.05) is 19.8 Å². The first kappa shape index (κ1) is 1.65. The van der Waals surface area contributed by atoms with Crippen molar-refractivity contribution in [1.82, 2.24) is 0 Å². The summed E-state index contributed by atoms with van der Waals surface area (Å²) in [5.41, 5.74) is 0. The van der Waals surface area contributed by atoms with Gasteiger partial charge >= 0.3 is 59.0 Å². The van der Waals surface area contributed by atoms with Crippen molar-refractivity contribution in [3.8, 4) is 0 Å². The number of hydrogen-bond donors (Lipinski definition) is 2. The van der Waals surface area contributed by atoms with Crippen LogP contribution in [0.4, 0.5) is 0 Å². The van der Waals surface area contributed by atoms with E-state index in [9.17, 15) is 0 Å². The fourth-order valence-corrected chi connectivity index (χ4v) is 0.0447. The first-order valence-corrected chi connectivity index (χ1v) is 3.47. The van der Waals surface area contributed by atoms with Gasteiger partial charge in [-0.15, -0.1) is 0 Å². The Labute approximate surface area is 60.6 Å². The van der Waals surface area contributed by atoms with Crippen molar-refractivity contribution < 1.29 is 32.2 Å². The van der Waals surface area contributed by atoms with E-state index >= 15 is 0 Å². The Kier molecular flexibility index (Phi) is 0.392. The van der Waals surface area contributed by atoms with Crippen LogP contribution in [-0.4, -0.2) is 30.3 Å². The van der Waals surface area contributed by atoms with E-state index in [2.05, 4.69) is 9.35 Å². The maximum absolute atomic E-state index is 8.63. The second-order valence-corrected chi connectivity index (χ2v) is 3.36. The Morgan fingerprint density at radius 1 is 1.25 bits per heavy atom. The molecule has 0 fully saturated rings. The molecule has 0 rings (SSSR count). The van der Waals surface area contributed by atoms with Gasteiger partial charge in [0.2, 0.25) is 0 Å². The maximum atomic E-state index is 8.63. The second-order valence-electron chi connectivity index (χ2n) is 1.12. The Morgan fingerprint density at radius 2 is 1.62 bits per heavy atom. The Hall–Kier alpha value is 0.270. The molecule has 5 heteroatoms. The summed E-state index contributed by atoms with van der Waals surface area (Å²) >= 11 is 0. The van der Waals surface area contributed by atoms with E-state index in [1.807, 2.05) is 0 Å². The SMILES string of the molecule is [2H]C([2H])([2H])P(OO)(OO)(C([2H])([2H])[2H])C([2H])([2H])[2H]. The molecule has 2 N–H and O–H groups in total. The van der Waals surface area contributed by atoms with E-state index in [-0.39, 0.29) is 0 Å². The van der Waals surface area contributed by atoms with Crippen LogP contribution in [-0.2, 0) is 9.35 Å². The molecule has 0 aliphatic rings. The van der Waals surface area contributed by atoms with Crippen molar-refractivity contribution in [3.05, 3.63) is 0 Å². The average molecular weight is 151 g/mol. The summed E-state index contributed by atoms with van der Waals surface area (Å²) in [7, 11) is -6.78.